The summed E-state index contributed by atoms with van der Waals surface area (Å²) in [6.07, 6.45) is -1.40. The highest BCUT2D eigenvalue weighted by Gasteiger charge is 2.44. The van der Waals surface area contributed by atoms with Crippen LogP contribution < -0.4 is 0 Å². The summed E-state index contributed by atoms with van der Waals surface area (Å²) < 4.78 is 55.6. The van der Waals surface area contributed by atoms with E-state index in [1.165, 1.54) is 7.11 Å². The third-order valence-electron chi connectivity index (χ3n) is 3.10. The molecular weight excluding hydrogens is 381 g/mol. The third-order valence-corrected chi connectivity index (χ3v) is 6.91. The molecule has 0 bridgehead atoms. The van der Waals surface area contributed by atoms with E-state index in [2.05, 4.69) is 13.1 Å². The Labute approximate surface area is 132 Å². The van der Waals surface area contributed by atoms with Gasteiger partial charge in [-0.15, -0.1) is 0 Å². The first-order valence-corrected chi connectivity index (χ1v) is 10.7. The normalized spacial score (nSPS) is 34.0. The molecule has 0 amide bonds. The molecule has 3 unspecified atom stereocenters. The Kier molecular flexibility index (Phi) is 7.15. The maximum absolute atomic E-state index is 11.6. The van der Waals surface area contributed by atoms with Crippen LogP contribution >= 0.6 is 23.5 Å². The van der Waals surface area contributed by atoms with Crippen molar-refractivity contribution >= 4 is 23.5 Å². The highest BCUT2D eigenvalue weighted by molar-refractivity contribution is 7.66. The summed E-state index contributed by atoms with van der Waals surface area (Å²) in [4.78, 5) is 35.2. The summed E-state index contributed by atoms with van der Waals surface area (Å²) in [7, 11) is -14.7. The Morgan fingerprint density at radius 3 is 2.04 bits per heavy atom. The Balaban J connectivity index is 2.64. The van der Waals surface area contributed by atoms with E-state index in [9.17, 15) is 18.6 Å². The molecule has 0 spiro atoms. The number of ether oxygens (including phenoxy) is 2. The van der Waals surface area contributed by atoms with Crippen molar-refractivity contribution in [3.8, 4) is 0 Å². The number of methoxy groups -OCH3 is 1. The molecule has 12 nitrogen and oxygen atoms in total. The van der Waals surface area contributed by atoms with Crippen molar-refractivity contribution in [1.82, 2.24) is 0 Å². The third kappa shape index (κ3) is 6.99. The van der Waals surface area contributed by atoms with Crippen LogP contribution in [-0.2, 0) is 36.3 Å². The van der Waals surface area contributed by atoms with Gasteiger partial charge in [0.25, 0.3) is 0 Å². The molecule has 1 aliphatic rings. The van der Waals surface area contributed by atoms with Crippen LogP contribution in [0.3, 0.4) is 0 Å². The summed E-state index contributed by atoms with van der Waals surface area (Å²) in [5, 5.41) is 0. The molecule has 1 heterocycles. The summed E-state index contributed by atoms with van der Waals surface area (Å²) in [5.74, 6) is -0.0328. The molecule has 1 fully saturated rings. The maximum atomic E-state index is 11.6. The molecule has 0 aliphatic carbocycles. The van der Waals surface area contributed by atoms with E-state index in [4.69, 9.17) is 24.2 Å². The molecule has 0 saturated carbocycles. The van der Waals surface area contributed by atoms with Gasteiger partial charge in [-0.05, 0) is 6.92 Å². The summed E-state index contributed by atoms with van der Waals surface area (Å²) >= 11 is 0. The lowest BCUT2D eigenvalue weighted by Crippen LogP contribution is -2.31. The van der Waals surface area contributed by atoms with Gasteiger partial charge in [0.15, 0.2) is 0 Å². The molecule has 138 valence electrons. The zero-order valence-corrected chi connectivity index (χ0v) is 15.1. The average Bonchev–Trinajstić information content (AvgIpc) is 2.57. The predicted molar refractivity (Wildman–Crippen MR) is 74.1 cm³/mol. The number of phosphoric ester groups is 1. The second-order valence-electron chi connectivity index (χ2n) is 4.83. The van der Waals surface area contributed by atoms with Crippen LogP contribution in [0.5, 0.6) is 0 Å². The van der Waals surface area contributed by atoms with Crippen molar-refractivity contribution in [2.45, 2.75) is 32.2 Å². The van der Waals surface area contributed by atoms with Gasteiger partial charge in [0.05, 0.1) is 18.8 Å². The molecule has 0 radical (unpaired) electrons. The summed E-state index contributed by atoms with van der Waals surface area (Å²) in [6.45, 7) is 3.09. The highest BCUT2D eigenvalue weighted by atomic mass is 31.3. The first kappa shape index (κ1) is 21.4. The maximum Gasteiger partial charge on any atom is 0.490 e. The fourth-order valence-electron chi connectivity index (χ4n) is 2.05. The largest absolute Gasteiger partial charge is 0.490 e. The molecule has 0 aromatic heterocycles. The van der Waals surface area contributed by atoms with Crippen LogP contribution in [0.1, 0.15) is 13.8 Å². The average molecular weight is 400 g/mol. The quantitative estimate of drug-likeness (QED) is 0.421. The van der Waals surface area contributed by atoms with Crippen molar-refractivity contribution in [1.29, 1.82) is 0 Å². The van der Waals surface area contributed by atoms with Crippen LogP contribution in [0.25, 0.3) is 0 Å². The zero-order chi connectivity index (χ0) is 18.1. The van der Waals surface area contributed by atoms with Crippen molar-refractivity contribution in [2.24, 2.45) is 5.92 Å². The smallest absolute Gasteiger partial charge is 0.378 e. The van der Waals surface area contributed by atoms with Crippen molar-refractivity contribution in [3.63, 3.8) is 0 Å². The van der Waals surface area contributed by atoms with E-state index in [-0.39, 0.29) is 12.0 Å². The topological polar surface area (TPSA) is 178 Å². The van der Waals surface area contributed by atoms with Crippen LogP contribution in [-0.4, -0.2) is 51.6 Å². The summed E-state index contributed by atoms with van der Waals surface area (Å²) in [5.41, 5.74) is 0. The highest BCUT2D eigenvalue weighted by Crippen LogP contribution is 2.66. The van der Waals surface area contributed by atoms with E-state index in [0.717, 1.165) is 0 Å². The lowest BCUT2D eigenvalue weighted by molar-refractivity contribution is -0.0302. The molecule has 23 heavy (non-hydrogen) atoms. The molecule has 6 atom stereocenters. The second-order valence-corrected chi connectivity index (χ2v) is 9.25. The van der Waals surface area contributed by atoms with Crippen molar-refractivity contribution in [3.05, 3.63) is 0 Å². The van der Waals surface area contributed by atoms with Crippen molar-refractivity contribution < 1.29 is 55.9 Å². The van der Waals surface area contributed by atoms with E-state index in [1.54, 1.807) is 6.92 Å². The number of hydrogen-bond acceptors (Lipinski definition) is 8. The van der Waals surface area contributed by atoms with Gasteiger partial charge in [0.1, 0.15) is 6.10 Å². The molecule has 15 heteroatoms. The van der Waals surface area contributed by atoms with Crippen molar-refractivity contribution in [2.75, 3.05) is 13.7 Å². The SMILES string of the molecule is COC1[C@@H](COP(=O)(O)OP(=O)(O)OP(=O)(O)O)O[C@@H](C)[C@H]1C. The Bertz CT molecular complexity index is 544. The number of rotatable bonds is 8. The fraction of sp³-hybridized carbons (Fsp3) is 1.00. The van der Waals surface area contributed by atoms with E-state index in [1.807, 2.05) is 6.92 Å². The minimum Gasteiger partial charge on any atom is -0.378 e. The molecule has 0 aromatic carbocycles. The molecule has 4 N–H and O–H groups in total. The van der Waals surface area contributed by atoms with Gasteiger partial charge in [0, 0.05) is 13.0 Å². The minimum atomic E-state index is -5.52. The van der Waals surface area contributed by atoms with Gasteiger partial charge in [-0.2, -0.15) is 8.62 Å². The monoisotopic (exact) mass is 400 g/mol. The molecule has 1 saturated heterocycles. The van der Waals surface area contributed by atoms with Gasteiger partial charge in [0.2, 0.25) is 0 Å². The molecule has 1 aliphatic heterocycles. The van der Waals surface area contributed by atoms with Crippen LogP contribution in [0.2, 0.25) is 0 Å². The number of phosphoric acid groups is 3. The first-order valence-electron chi connectivity index (χ1n) is 6.23. The van der Waals surface area contributed by atoms with Crippen LogP contribution in [0.15, 0.2) is 0 Å². The standard InChI is InChI=1S/C8H19O12P3/c1-5-6(2)18-7(8(5)16-3)4-17-22(12,13)20-23(14,15)19-21(9,10)11/h5-8H,4H2,1-3H3,(H,12,13)(H,14,15)(H2,9,10,11)/t5-,6+,7-,8?/m1/s1. The fourth-order valence-corrected chi connectivity index (χ4v) is 5.08. The molecular formula is C8H19O12P3. The Morgan fingerprint density at radius 2 is 1.57 bits per heavy atom. The van der Waals surface area contributed by atoms with Gasteiger partial charge < -0.3 is 29.0 Å². The molecule has 1 rings (SSSR count). The van der Waals surface area contributed by atoms with Gasteiger partial charge in [-0.25, -0.2) is 13.7 Å². The second kappa shape index (κ2) is 7.70. The van der Waals surface area contributed by atoms with E-state index in [0.29, 0.717) is 0 Å². The molecule has 0 aromatic rings. The lowest BCUT2D eigenvalue weighted by atomic mass is 9.99. The lowest BCUT2D eigenvalue weighted by Gasteiger charge is -2.21. The van der Waals surface area contributed by atoms with Gasteiger partial charge in [-0.3, -0.25) is 4.52 Å². The minimum absolute atomic E-state index is 0.0328. The van der Waals surface area contributed by atoms with Gasteiger partial charge >= 0.3 is 23.5 Å². The Hall–Kier alpha value is 0.330. The van der Waals surface area contributed by atoms with Crippen LogP contribution in [0, 0.1) is 5.92 Å². The van der Waals surface area contributed by atoms with E-state index < -0.39 is 42.3 Å². The Morgan fingerprint density at radius 1 is 1.00 bits per heavy atom. The van der Waals surface area contributed by atoms with Crippen LogP contribution in [0.4, 0.5) is 0 Å². The number of hydrogen-bond donors (Lipinski definition) is 4. The summed E-state index contributed by atoms with van der Waals surface area (Å²) in [6, 6.07) is 0. The predicted octanol–water partition coefficient (Wildman–Crippen LogP) is 0.768. The van der Waals surface area contributed by atoms with E-state index >= 15 is 0 Å². The first-order chi connectivity index (χ1) is 10.3. The zero-order valence-electron chi connectivity index (χ0n) is 12.4. The van der Waals surface area contributed by atoms with Gasteiger partial charge in [-0.1, -0.05) is 6.92 Å².